The molecule has 7 nitrogen and oxygen atoms in total. The van der Waals surface area contributed by atoms with Crippen molar-refractivity contribution in [2.75, 3.05) is 13.1 Å². The van der Waals surface area contributed by atoms with E-state index in [2.05, 4.69) is 33.1 Å². The summed E-state index contributed by atoms with van der Waals surface area (Å²) in [5.41, 5.74) is 3.49. The van der Waals surface area contributed by atoms with Crippen LogP contribution in [0.2, 0.25) is 0 Å². The van der Waals surface area contributed by atoms with Crippen LogP contribution >= 0.6 is 0 Å². The van der Waals surface area contributed by atoms with Gasteiger partial charge in [-0.3, -0.25) is 19.1 Å². The lowest BCUT2D eigenvalue weighted by Gasteiger charge is -2.32. The van der Waals surface area contributed by atoms with Gasteiger partial charge in [0.15, 0.2) is 5.82 Å². The Hall–Kier alpha value is -2.54. The molecule has 1 aliphatic rings. The molecule has 3 aromatic heterocycles. The molecule has 1 aliphatic heterocycles. The zero-order valence-corrected chi connectivity index (χ0v) is 14.7. The van der Waals surface area contributed by atoms with Crippen molar-refractivity contribution in [3.05, 3.63) is 54.3 Å². The van der Waals surface area contributed by atoms with Gasteiger partial charge in [-0.1, -0.05) is 0 Å². The Bertz CT molecular complexity index is 837. The number of hydrogen-bond acceptors (Lipinski definition) is 5. The fourth-order valence-electron chi connectivity index (χ4n) is 3.57. The van der Waals surface area contributed by atoms with Gasteiger partial charge in [-0.15, -0.1) is 0 Å². The molecule has 0 bridgehead atoms. The number of hydrogen-bond donors (Lipinski definition) is 0. The second-order valence-electron chi connectivity index (χ2n) is 6.76. The maximum absolute atomic E-state index is 4.82. The van der Waals surface area contributed by atoms with E-state index >= 15 is 0 Å². The van der Waals surface area contributed by atoms with Gasteiger partial charge in [-0.05, 0) is 26.3 Å². The van der Waals surface area contributed by atoms with Crippen molar-refractivity contribution in [2.45, 2.75) is 32.2 Å². The second-order valence-corrected chi connectivity index (χ2v) is 6.76. The van der Waals surface area contributed by atoms with Crippen molar-refractivity contribution < 1.29 is 0 Å². The summed E-state index contributed by atoms with van der Waals surface area (Å²) < 4.78 is 3.79. The molecule has 4 heterocycles. The van der Waals surface area contributed by atoms with Crippen LogP contribution in [0, 0.1) is 6.92 Å². The van der Waals surface area contributed by atoms with Gasteiger partial charge in [-0.2, -0.15) is 5.10 Å². The number of piperidine rings is 1. The van der Waals surface area contributed by atoms with Gasteiger partial charge in [0.25, 0.3) is 0 Å². The van der Waals surface area contributed by atoms with Gasteiger partial charge in [0.05, 0.1) is 17.6 Å². The number of rotatable bonds is 4. The Morgan fingerprint density at radius 2 is 2.16 bits per heavy atom. The van der Waals surface area contributed by atoms with E-state index in [1.165, 1.54) is 12.0 Å². The molecule has 1 atom stereocenters. The number of nitrogens with zero attached hydrogens (tertiary/aromatic N) is 7. The Morgan fingerprint density at radius 1 is 1.24 bits per heavy atom. The molecule has 1 fully saturated rings. The van der Waals surface area contributed by atoms with Crippen molar-refractivity contribution in [3.8, 4) is 5.82 Å². The lowest BCUT2D eigenvalue weighted by Crippen LogP contribution is -2.34. The lowest BCUT2D eigenvalue weighted by molar-refractivity contribution is 0.198. The summed E-state index contributed by atoms with van der Waals surface area (Å²) in [6, 6.07) is 0. The molecule has 0 N–H and O–H groups in total. The second kappa shape index (κ2) is 6.76. The summed E-state index contributed by atoms with van der Waals surface area (Å²) in [5, 5.41) is 4.45. The Balaban J connectivity index is 1.49. The summed E-state index contributed by atoms with van der Waals surface area (Å²) >= 11 is 0. The molecule has 3 aromatic rings. The molecular weight excluding hydrogens is 314 g/mol. The summed E-state index contributed by atoms with van der Waals surface area (Å²) in [4.78, 5) is 15.8. The largest absolute Gasteiger partial charge is 0.298 e. The van der Waals surface area contributed by atoms with Gasteiger partial charge >= 0.3 is 0 Å². The molecule has 0 saturated carbocycles. The standard InChI is InChI=1S/C18H23N7/c1-14-16(10-23(2)22-14)12-24-6-3-4-15(11-24)17-8-20-9-18(21-17)25-7-5-19-13-25/h5,7-10,13,15H,3-4,6,11-12H2,1-2H3. The number of aromatic nitrogens is 6. The van der Waals surface area contributed by atoms with Crippen LogP contribution < -0.4 is 0 Å². The Kier molecular flexibility index (Phi) is 4.31. The Morgan fingerprint density at radius 3 is 2.92 bits per heavy atom. The molecule has 0 aromatic carbocycles. The minimum Gasteiger partial charge on any atom is -0.298 e. The SMILES string of the molecule is Cc1nn(C)cc1CN1CCCC(c2cncc(-n3ccnc3)n2)C1. The highest BCUT2D eigenvalue weighted by molar-refractivity contribution is 5.22. The zero-order valence-electron chi connectivity index (χ0n) is 14.7. The summed E-state index contributed by atoms with van der Waals surface area (Å²) in [5.74, 6) is 1.25. The van der Waals surface area contributed by atoms with E-state index in [-0.39, 0.29) is 0 Å². The first-order valence-corrected chi connectivity index (χ1v) is 8.71. The lowest BCUT2D eigenvalue weighted by atomic mass is 9.94. The highest BCUT2D eigenvalue weighted by atomic mass is 15.3. The normalized spacial score (nSPS) is 18.6. The molecule has 0 spiro atoms. The average molecular weight is 337 g/mol. The van der Waals surface area contributed by atoms with Crippen LogP contribution in [0.3, 0.4) is 0 Å². The van der Waals surface area contributed by atoms with Crippen LogP contribution in [0.5, 0.6) is 0 Å². The van der Waals surface area contributed by atoms with E-state index in [1.54, 1.807) is 18.7 Å². The van der Waals surface area contributed by atoms with Crippen LogP contribution in [-0.2, 0) is 13.6 Å². The fourth-order valence-corrected chi connectivity index (χ4v) is 3.57. The minimum absolute atomic E-state index is 0.418. The van der Waals surface area contributed by atoms with Crippen LogP contribution in [0.15, 0.2) is 37.3 Å². The van der Waals surface area contributed by atoms with E-state index in [4.69, 9.17) is 4.98 Å². The smallest absolute Gasteiger partial charge is 0.156 e. The molecule has 7 heteroatoms. The molecule has 4 rings (SSSR count). The molecule has 1 unspecified atom stereocenters. The van der Waals surface area contributed by atoms with Gasteiger partial charge in [-0.25, -0.2) is 9.97 Å². The molecule has 0 amide bonds. The minimum atomic E-state index is 0.418. The van der Waals surface area contributed by atoms with Crippen molar-refractivity contribution in [1.82, 2.24) is 34.2 Å². The summed E-state index contributed by atoms with van der Waals surface area (Å²) in [6.45, 7) is 5.16. The van der Waals surface area contributed by atoms with Crippen LogP contribution in [0.25, 0.3) is 5.82 Å². The van der Waals surface area contributed by atoms with E-state index < -0.39 is 0 Å². The van der Waals surface area contributed by atoms with Crippen LogP contribution in [0.4, 0.5) is 0 Å². The monoisotopic (exact) mass is 337 g/mol. The molecule has 0 aliphatic carbocycles. The molecule has 25 heavy (non-hydrogen) atoms. The average Bonchev–Trinajstić information content (AvgIpc) is 3.26. The third-order valence-electron chi connectivity index (χ3n) is 4.84. The highest BCUT2D eigenvalue weighted by Crippen LogP contribution is 2.27. The van der Waals surface area contributed by atoms with Crippen molar-refractivity contribution in [1.29, 1.82) is 0 Å². The third-order valence-corrected chi connectivity index (χ3v) is 4.84. The summed E-state index contributed by atoms with van der Waals surface area (Å²) in [6.07, 6.45) is 13.6. The zero-order chi connectivity index (χ0) is 17.2. The number of likely N-dealkylation sites (tertiary alicyclic amines) is 1. The molecule has 0 radical (unpaired) electrons. The van der Waals surface area contributed by atoms with Crippen LogP contribution in [-0.4, -0.2) is 47.3 Å². The van der Waals surface area contributed by atoms with Gasteiger partial charge in [0.1, 0.15) is 6.33 Å². The van der Waals surface area contributed by atoms with Gasteiger partial charge in [0, 0.05) is 56.4 Å². The van der Waals surface area contributed by atoms with E-state index in [0.29, 0.717) is 5.92 Å². The third kappa shape index (κ3) is 3.46. The molecule has 1 saturated heterocycles. The van der Waals surface area contributed by atoms with Gasteiger partial charge in [0.2, 0.25) is 0 Å². The quantitative estimate of drug-likeness (QED) is 0.729. The topological polar surface area (TPSA) is 64.7 Å². The molecule has 130 valence electrons. The van der Waals surface area contributed by atoms with Crippen molar-refractivity contribution in [3.63, 3.8) is 0 Å². The Labute approximate surface area is 147 Å². The van der Waals surface area contributed by atoms with Crippen molar-refractivity contribution in [2.24, 2.45) is 7.05 Å². The molecular formula is C18H23N7. The first-order valence-electron chi connectivity index (χ1n) is 8.71. The number of imidazole rings is 1. The first kappa shape index (κ1) is 16.0. The van der Waals surface area contributed by atoms with Crippen LogP contribution in [0.1, 0.15) is 35.7 Å². The number of aryl methyl sites for hydroxylation is 2. The predicted octanol–water partition coefficient (Wildman–Crippen LogP) is 2.08. The van der Waals surface area contributed by atoms with E-state index in [9.17, 15) is 0 Å². The van der Waals surface area contributed by atoms with Crippen molar-refractivity contribution >= 4 is 0 Å². The summed E-state index contributed by atoms with van der Waals surface area (Å²) in [7, 11) is 1.98. The van der Waals surface area contributed by atoms with E-state index in [1.807, 2.05) is 28.7 Å². The maximum Gasteiger partial charge on any atom is 0.156 e. The first-order chi connectivity index (χ1) is 12.2. The highest BCUT2D eigenvalue weighted by Gasteiger charge is 2.23. The maximum atomic E-state index is 4.82. The fraction of sp³-hybridized carbons (Fsp3) is 0.444. The van der Waals surface area contributed by atoms with E-state index in [0.717, 1.165) is 43.3 Å². The van der Waals surface area contributed by atoms with Gasteiger partial charge < -0.3 is 0 Å². The predicted molar refractivity (Wildman–Crippen MR) is 94.4 cm³/mol.